The van der Waals surface area contributed by atoms with Gasteiger partial charge in [-0.2, -0.15) is 0 Å². The van der Waals surface area contributed by atoms with E-state index in [-0.39, 0.29) is 6.61 Å². The monoisotopic (exact) mass is 221 g/mol. The summed E-state index contributed by atoms with van der Waals surface area (Å²) in [6.07, 6.45) is 0. The highest BCUT2D eigenvalue weighted by atomic mass is 35.5. The molecule has 1 heterocycles. The van der Waals surface area contributed by atoms with Crippen molar-refractivity contribution in [3.05, 3.63) is 40.0 Å². The minimum Gasteiger partial charge on any atom is -0.392 e. The molecule has 0 unspecified atom stereocenters. The summed E-state index contributed by atoms with van der Waals surface area (Å²) < 4.78 is 0. The van der Waals surface area contributed by atoms with Crippen LogP contribution in [0.4, 0.5) is 0 Å². The van der Waals surface area contributed by atoms with Crippen LogP contribution in [0.5, 0.6) is 0 Å². The molecule has 2 aromatic rings. The van der Waals surface area contributed by atoms with Gasteiger partial charge < -0.3 is 5.11 Å². The molecule has 3 heteroatoms. The fourth-order valence-electron chi connectivity index (χ4n) is 1.76. The van der Waals surface area contributed by atoms with E-state index in [1.165, 1.54) is 5.56 Å². The van der Waals surface area contributed by atoms with Crippen LogP contribution in [0.2, 0.25) is 5.15 Å². The van der Waals surface area contributed by atoms with Crippen molar-refractivity contribution in [2.45, 2.75) is 20.5 Å². The predicted molar refractivity (Wildman–Crippen MR) is 62.1 cm³/mol. The van der Waals surface area contributed by atoms with Gasteiger partial charge in [0.1, 0.15) is 5.15 Å². The van der Waals surface area contributed by atoms with Gasteiger partial charge in [0, 0.05) is 10.9 Å². The molecule has 0 saturated carbocycles. The molecule has 0 spiro atoms. The lowest BCUT2D eigenvalue weighted by Crippen LogP contribution is -1.92. The molecule has 0 aliphatic heterocycles. The van der Waals surface area contributed by atoms with Gasteiger partial charge in [-0.15, -0.1) is 0 Å². The molecule has 1 aromatic carbocycles. The molecule has 0 amide bonds. The van der Waals surface area contributed by atoms with Gasteiger partial charge in [0.2, 0.25) is 0 Å². The number of hydrogen-bond acceptors (Lipinski definition) is 2. The number of rotatable bonds is 1. The van der Waals surface area contributed by atoms with Crippen molar-refractivity contribution in [2.24, 2.45) is 0 Å². The molecule has 1 aromatic heterocycles. The number of nitrogens with zero attached hydrogens (tertiary/aromatic N) is 1. The maximum Gasteiger partial charge on any atom is 0.135 e. The number of hydrogen-bond donors (Lipinski definition) is 1. The Hall–Kier alpha value is -1.12. The summed E-state index contributed by atoms with van der Waals surface area (Å²) in [4.78, 5) is 4.27. The van der Waals surface area contributed by atoms with Crippen LogP contribution in [0, 0.1) is 13.8 Å². The first-order chi connectivity index (χ1) is 7.11. The van der Waals surface area contributed by atoms with Crippen LogP contribution in [0.1, 0.15) is 16.7 Å². The lowest BCUT2D eigenvalue weighted by Gasteiger charge is -2.07. The second-order valence-electron chi connectivity index (χ2n) is 3.74. The lowest BCUT2D eigenvalue weighted by molar-refractivity contribution is 0.281. The first-order valence-electron chi connectivity index (χ1n) is 4.79. The van der Waals surface area contributed by atoms with Crippen LogP contribution in [-0.4, -0.2) is 10.1 Å². The highest BCUT2D eigenvalue weighted by Gasteiger charge is 2.06. The third kappa shape index (κ3) is 1.83. The predicted octanol–water partition coefficient (Wildman–Crippen LogP) is 3.00. The maximum atomic E-state index is 9.10. The minimum atomic E-state index is -0.0743. The fourth-order valence-corrected chi connectivity index (χ4v) is 1.96. The summed E-state index contributed by atoms with van der Waals surface area (Å²) in [6.45, 7) is 3.99. The van der Waals surface area contributed by atoms with Crippen LogP contribution < -0.4 is 0 Å². The molecular weight excluding hydrogens is 210 g/mol. The molecule has 2 nitrogen and oxygen atoms in total. The second kappa shape index (κ2) is 3.80. The maximum absolute atomic E-state index is 9.10. The van der Waals surface area contributed by atoms with E-state index in [2.05, 4.69) is 11.1 Å². The molecule has 78 valence electrons. The molecule has 0 atom stereocenters. The van der Waals surface area contributed by atoms with Crippen molar-refractivity contribution in [1.29, 1.82) is 0 Å². The number of pyridine rings is 1. The molecule has 0 bridgehead atoms. The average molecular weight is 222 g/mol. The summed E-state index contributed by atoms with van der Waals surface area (Å²) in [5, 5.41) is 10.5. The van der Waals surface area contributed by atoms with E-state index in [0.717, 1.165) is 16.5 Å². The van der Waals surface area contributed by atoms with Crippen LogP contribution in [-0.2, 0) is 6.61 Å². The van der Waals surface area contributed by atoms with Crippen molar-refractivity contribution in [3.63, 3.8) is 0 Å². The van der Waals surface area contributed by atoms with Gasteiger partial charge in [-0.1, -0.05) is 17.7 Å². The number of aryl methyl sites for hydroxylation is 2. The normalized spacial score (nSPS) is 10.9. The zero-order valence-electron chi connectivity index (χ0n) is 8.71. The van der Waals surface area contributed by atoms with E-state index in [1.807, 2.05) is 26.0 Å². The third-order valence-corrected chi connectivity index (χ3v) is 2.81. The Balaban J connectivity index is 2.81. The number of aromatic nitrogens is 1. The Morgan fingerprint density at radius 3 is 2.67 bits per heavy atom. The number of fused-ring (bicyclic) bond motifs is 1. The van der Waals surface area contributed by atoms with Gasteiger partial charge >= 0.3 is 0 Å². The summed E-state index contributed by atoms with van der Waals surface area (Å²) >= 11 is 5.94. The molecule has 0 aliphatic carbocycles. The molecule has 0 aliphatic rings. The third-order valence-electron chi connectivity index (χ3n) is 2.48. The number of aliphatic hydroxyl groups is 1. The number of halogens is 1. The summed E-state index contributed by atoms with van der Waals surface area (Å²) in [6, 6.07) is 5.99. The lowest BCUT2D eigenvalue weighted by atomic mass is 10.0. The number of aliphatic hydroxyl groups excluding tert-OH is 1. The van der Waals surface area contributed by atoms with E-state index < -0.39 is 0 Å². The molecule has 0 saturated heterocycles. The quantitative estimate of drug-likeness (QED) is 0.751. The molecule has 15 heavy (non-hydrogen) atoms. The fraction of sp³-hybridized carbons (Fsp3) is 0.250. The Kier molecular flexibility index (Phi) is 2.63. The Bertz CT molecular complexity index is 523. The summed E-state index contributed by atoms with van der Waals surface area (Å²) in [7, 11) is 0. The first-order valence-corrected chi connectivity index (χ1v) is 5.17. The van der Waals surface area contributed by atoms with Gasteiger partial charge in [0.05, 0.1) is 12.1 Å². The van der Waals surface area contributed by atoms with Crippen molar-refractivity contribution in [2.75, 3.05) is 0 Å². The van der Waals surface area contributed by atoms with E-state index in [1.54, 1.807) is 0 Å². The molecule has 2 rings (SSSR count). The first kappa shape index (κ1) is 10.4. The second-order valence-corrected chi connectivity index (χ2v) is 4.10. The smallest absolute Gasteiger partial charge is 0.135 e. The number of benzene rings is 1. The Labute approximate surface area is 93.5 Å². The van der Waals surface area contributed by atoms with Crippen LogP contribution in [0.3, 0.4) is 0 Å². The average Bonchev–Trinajstić information content (AvgIpc) is 2.16. The Morgan fingerprint density at radius 2 is 2.00 bits per heavy atom. The van der Waals surface area contributed by atoms with Crippen LogP contribution in [0.15, 0.2) is 18.2 Å². The highest BCUT2D eigenvalue weighted by molar-refractivity contribution is 6.30. The van der Waals surface area contributed by atoms with Crippen molar-refractivity contribution in [3.8, 4) is 0 Å². The molecule has 1 N–H and O–H groups in total. The molecule has 0 radical (unpaired) electrons. The van der Waals surface area contributed by atoms with Gasteiger partial charge in [-0.05, 0) is 37.1 Å². The van der Waals surface area contributed by atoms with E-state index in [9.17, 15) is 0 Å². The standard InChI is InChI=1S/C12H12ClNO/c1-7-3-8(2)10-5-9(6-15)12(13)14-11(10)4-7/h3-5,15H,6H2,1-2H3. The van der Waals surface area contributed by atoms with Gasteiger partial charge in [-0.3, -0.25) is 0 Å². The van der Waals surface area contributed by atoms with Crippen LogP contribution >= 0.6 is 11.6 Å². The van der Waals surface area contributed by atoms with Crippen molar-refractivity contribution < 1.29 is 5.11 Å². The molecule has 0 fully saturated rings. The Morgan fingerprint density at radius 1 is 1.27 bits per heavy atom. The van der Waals surface area contributed by atoms with Crippen LogP contribution in [0.25, 0.3) is 10.9 Å². The zero-order chi connectivity index (χ0) is 11.0. The SMILES string of the molecule is Cc1cc(C)c2cc(CO)c(Cl)nc2c1. The highest BCUT2D eigenvalue weighted by Crippen LogP contribution is 2.24. The topological polar surface area (TPSA) is 33.1 Å². The van der Waals surface area contributed by atoms with Crippen molar-refractivity contribution >= 4 is 22.5 Å². The van der Waals surface area contributed by atoms with Gasteiger partial charge in [-0.25, -0.2) is 4.98 Å². The van der Waals surface area contributed by atoms with Gasteiger partial charge in [0.15, 0.2) is 0 Å². The van der Waals surface area contributed by atoms with E-state index in [0.29, 0.717) is 10.7 Å². The summed E-state index contributed by atoms with van der Waals surface area (Å²) in [5.41, 5.74) is 3.88. The van der Waals surface area contributed by atoms with E-state index in [4.69, 9.17) is 16.7 Å². The zero-order valence-corrected chi connectivity index (χ0v) is 9.47. The van der Waals surface area contributed by atoms with Gasteiger partial charge in [0.25, 0.3) is 0 Å². The van der Waals surface area contributed by atoms with E-state index >= 15 is 0 Å². The molecular formula is C12H12ClNO. The van der Waals surface area contributed by atoms with Crippen molar-refractivity contribution in [1.82, 2.24) is 4.98 Å². The summed E-state index contributed by atoms with van der Waals surface area (Å²) in [5.74, 6) is 0. The largest absolute Gasteiger partial charge is 0.392 e. The minimum absolute atomic E-state index is 0.0743.